The highest BCUT2D eigenvalue weighted by atomic mass is 16.5. The molecule has 0 fully saturated rings. The largest absolute Gasteiger partial charge is 0.493 e. The standard InChI is InChI=1S/C13H12N2O4/c1-18-11-4-2-3-5-12(11)19-7-10-9(13(16)17)6-14-8-15-10/h2-6,8H,7H2,1H3,(H,16,17). The molecule has 0 spiro atoms. The molecule has 0 aliphatic carbocycles. The number of aromatic carboxylic acids is 1. The van der Waals surface area contributed by atoms with Gasteiger partial charge in [-0.05, 0) is 12.1 Å². The first kappa shape index (κ1) is 12.8. The number of para-hydroxylation sites is 2. The van der Waals surface area contributed by atoms with Crippen LogP contribution in [0.5, 0.6) is 11.5 Å². The number of rotatable bonds is 5. The van der Waals surface area contributed by atoms with Crippen molar-refractivity contribution in [3.63, 3.8) is 0 Å². The van der Waals surface area contributed by atoms with Crippen LogP contribution in [0.3, 0.4) is 0 Å². The van der Waals surface area contributed by atoms with Crippen molar-refractivity contribution < 1.29 is 19.4 Å². The van der Waals surface area contributed by atoms with E-state index in [4.69, 9.17) is 14.6 Å². The molecular formula is C13H12N2O4. The molecule has 2 aromatic rings. The Balaban J connectivity index is 2.17. The Morgan fingerprint density at radius 1 is 1.32 bits per heavy atom. The molecule has 0 atom stereocenters. The number of nitrogens with zero attached hydrogens (tertiary/aromatic N) is 2. The second-order valence-corrected chi connectivity index (χ2v) is 3.63. The van der Waals surface area contributed by atoms with Crippen LogP contribution in [-0.2, 0) is 6.61 Å². The summed E-state index contributed by atoms with van der Waals surface area (Å²) >= 11 is 0. The van der Waals surface area contributed by atoms with Gasteiger partial charge < -0.3 is 14.6 Å². The van der Waals surface area contributed by atoms with Crippen LogP contribution in [0, 0.1) is 0 Å². The quantitative estimate of drug-likeness (QED) is 0.882. The highest BCUT2D eigenvalue weighted by molar-refractivity contribution is 5.88. The van der Waals surface area contributed by atoms with E-state index in [2.05, 4.69) is 9.97 Å². The predicted molar refractivity (Wildman–Crippen MR) is 66.3 cm³/mol. The van der Waals surface area contributed by atoms with Crippen molar-refractivity contribution >= 4 is 5.97 Å². The number of ether oxygens (including phenoxy) is 2. The van der Waals surface area contributed by atoms with E-state index in [0.717, 1.165) is 0 Å². The van der Waals surface area contributed by atoms with Crippen LogP contribution < -0.4 is 9.47 Å². The third-order valence-electron chi connectivity index (χ3n) is 2.46. The minimum atomic E-state index is -1.08. The number of carbonyl (C=O) groups is 1. The summed E-state index contributed by atoms with van der Waals surface area (Å²) < 4.78 is 10.7. The number of methoxy groups -OCH3 is 1. The van der Waals surface area contributed by atoms with E-state index in [1.165, 1.54) is 19.6 Å². The zero-order valence-corrected chi connectivity index (χ0v) is 10.2. The van der Waals surface area contributed by atoms with Crippen molar-refractivity contribution in [3.8, 4) is 11.5 Å². The Morgan fingerprint density at radius 2 is 2.05 bits per heavy atom. The summed E-state index contributed by atoms with van der Waals surface area (Å²) in [4.78, 5) is 18.6. The van der Waals surface area contributed by atoms with Gasteiger partial charge in [-0.15, -0.1) is 0 Å². The molecule has 0 saturated heterocycles. The van der Waals surface area contributed by atoms with Crippen molar-refractivity contribution in [1.29, 1.82) is 0 Å². The summed E-state index contributed by atoms with van der Waals surface area (Å²) in [6, 6.07) is 7.11. The van der Waals surface area contributed by atoms with Crippen molar-refractivity contribution in [2.45, 2.75) is 6.61 Å². The van der Waals surface area contributed by atoms with Gasteiger partial charge in [0.15, 0.2) is 11.5 Å². The zero-order valence-electron chi connectivity index (χ0n) is 10.2. The van der Waals surface area contributed by atoms with E-state index in [1.54, 1.807) is 18.2 Å². The second-order valence-electron chi connectivity index (χ2n) is 3.63. The Bertz CT molecular complexity index is 586. The van der Waals surface area contributed by atoms with E-state index >= 15 is 0 Å². The van der Waals surface area contributed by atoms with E-state index in [0.29, 0.717) is 17.2 Å². The molecule has 6 nitrogen and oxygen atoms in total. The molecule has 1 N–H and O–H groups in total. The van der Waals surface area contributed by atoms with Crippen LogP contribution in [0.15, 0.2) is 36.8 Å². The second kappa shape index (κ2) is 5.81. The molecule has 0 saturated carbocycles. The highest BCUT2D eigenvalue weighted by Crippen LogP contribution is 2.26. The first-order valence-corrected chi connectivity index (χ1v) is 5.50. The Kier molecular flexibility index (Phi) is 3.92. The lowest BCUT2D eigenvalue weighted by Crippen LogP contribution is -2.08. The molecule has 0 amide bonds. The molecule has 0 aliphatic heterocycles. The zero-order chi connectivity index (χ0) is 13.7. The smallest absolute Gasteiger partial charge is 0.339 e. The summed E-state index contributed by atoms with van der Waals surface area (Å²) in [5.41, 5.74) is 0.339. The third kappa shape index (κ3) is 2.98. The fourth-order valence-electron chi connectivity index (χ4n) is 1.53. The number of hydrogen-bond acceptors (Lipinski definition) is 5. The molecule has 98 valence electrons. The van der Waals surface area contributed by atoms with E-state index in [1.807, 2.05) is 6.07 Å². The lowest BCUT2D eigenvalue weighted by molar-refractivity contribution is 0.0692. The monoisotopic (exact) mass is 260 g/mol. The number of carboxylic acids is 1. The molecule has 19 heavy (non-hydrogen) atoms. The summed E-state index contributed by atoms with van der Waals surface area (Å²) in [7, 11) is 1.54. The lowest BCUT2D eigenvalue weighted by Gasteiger charge is -2.10. The first-order valence-electron chi connectivity index (χ1n) is 5.50. The molecule has 1 aromatic heterocycles. The van der Waals surface area contributed by atoms with Crippen LogP contribution in [0.1, 0.15) is 16.1 Å². The number of hydrogen-bond donors (Lipinski definition) is 1. The van der Waals surface area contributed by atoms with Crippen molar-refractivity contribution in [3.05, 3.63) is 48.0 Å². The van der Waals surface area contributed by atoms with E-state index in [-0.39, 0.29) is 12.2 Å². The minimum Gasteiger partial charge on any atom is -0.493 e. The number of carboxylic acid groups (broad SMARTS) is 1. The van der Waals surface area contributed by atoms with Crippen molar-refractivity contribution in [2.24, 2.45) is 0 Å². The Morgan fingerprint density at radius 3 is 2.74 bits per heavy atom. The van der Waals surface area contributed by atoms with Gasteiger partial charge in [0.2, 0.25) is 0 Å². The van der Waals surface area contributed by atoms with Crippen LogP contribution in [0.25, 0.3) is 0 Å². The first-order chi connectivity index (χ1) is 9.22. The normalized spacial score (nSPS) is 9.95. The van der Waals surface area contributed by atoms with Crippen LogP contribution >= 0.6 is 0 Å². The molecular weight excluding hydrogens is 248 g/mol. The topological polar surface area (TPSA) is 81.5 Å². The fourth-order valence-corrected chi connectivity index (χ4v) is 1.53. The van der Waals surface area contributed by atoms with Gasteiger partial charge in [0, 0.05) is 6.20 Å². The van der Waals surface area contributed by atoms with Gasteiger partial charge in [-0.1, -0.05) is 12.1 Å². The van der Waals surface area contributed by atoms with Gasteiger partial charge in [-0.2, -0.15) is 0 Å². The summed E-state index contributed by atoms with van der Waals surface area (Å²) in [5, 5.41) is 9.00. The molecule has 1 heterocycles. The Hall–Kier alpha value is -2.63. The lowest BCUT2D eigenvalue weighted by atomic mass is 10.2. The minimum absolute atomic E-state index is 0.0254. The summed E-state index contributed by atoms with van der Waals surface area (Å²) in [5.74, 6) is 0.0209. The van der Waals surface area contributed by atoms with Crippen LogP contribution in [0.4, 0.5) is 0 Å². The van der Waals surface area contributed by atoms with Gasteiger partial charge >= 0.3 is 5.97 Å². The molecule has 0 bridgehead atoms. The van der Waals surface area contributed by atoms with Gasteiger partial charge in [0.1, 0.15) is 18.5 Å². The molecule has 1 aromatic carbocycles. The molecule has 2 rings (SSSR count). The van der Waals surface area contributed by atoms with E-state index < -0.39 is 5.97 Å². The molecule has 0 unspecified atom stereocenters. The summed E-state index contributed by atoms with van der Waals surface area (Å²) in [6.45, 7) is 0.0323. The number of benzene rings is 1. The fraction of sp³-hybridized carbons (Fsp3) is 0.154. The third-order valence-corrected chi connectivity index (χ3v) is 2.46. The predicted octanol–water partition coefficient (Wildman–Crippen LogP) is 1.76. The van der Waals surface area contributed by atoms with E-state index in [9.17, 15) is 4.79 Å². The average Bonchev–Trinajstić information content (AvgIpc) is 2.45. The average molecular weight is 260 g/mol. The maximum atomic E-state index is 11.0. The highest BCUT2D eigenvalue weighted by Gasteiger charge is 2.12. The maximum Gasteiger partial charge on any atom is 0.339 e. The van der Waals surface area contributed by atoms with Crippen molar-refractivity contribution in [2.75, 3.05) is 7.11 Å². The molecule has 0 radical (unpaired) electrons. The molecule has 0 aliphatic rings. The van der Waals surface area contributed by atoms with Crippen LogP contribution in [-0.4, -0.2) is 28.2 Å². The van der Waals surface area contributed by atoms with Gasteiger partial charge in [0.25, 0.3) is 0 Å². The summed E-state index contributed by atoms with van der Waals surface area (Å²) in [6.07, 6.45) is 2.53. The van der Waals surface area contributed by atoms with Gasteiger partial charge in [-0.3, -0.25) is 0 Å². The maximum absolute atomic E-state index is 11.0. The van der Waals surface area contributed by atoms with Crippen LogP contribution in [0.2, 0.25) is 0 Å². The van der Waals surface area contributed by atoms with Gasteiger partial charge in [-0.25, -0.2) is 14.8 Å². The van der Waals surface area contributed by atoms with Gasteiger partial charge in [0.05, 0.1) is 12.8 Å². The van der Waals surface area contributed by atoms with Crippen molar-refractivity contribution in [1.82, 2.24) is 9.97 Å². The number of aromatic nitrogens is 2. The Labute approximate surface area is 109 Å². The SMILES string of the molecule is COc1ccccc1OCc1ncncc1C(=O)O. The molecule has 6 heteroatoms.